The minimum atomic E-state index is 0.594. The zero-order chi connectivity index (χ0) is 9.42. The number of halogens is 1. The highest BCUT2D eigenvalue weighted by atomic mass is 35.5. The number of aromatic nitrogens is 1. The summed E-state index contributed by atoms with van der Waals surface area (Å²) in [5.41, 5.74) is 1.44. The van der Waals surface area contributed by atoms with Gasteiger partial charge in [-0.2, -0.15) is 0 Å². The van der Waals surface area contributed by atoms with Gasteiger partial charge in [0.05, 0.1) is 9.92 Å². The van der Waals surface area contributed by atoms with Crippen LogP contribution in [0.5, 0.6) is 0 Å². The Labute approximate surface area is 90.1 Å². The lowest BCUT2D eigenvalue weighted by Gasteiger charge is -1.93. The molecular formula is C8H6ClNOS2. The number of thioether (sulfide) groups is 1. The molecule has 2 aromatic rings. The number of oxazole rings is 1. The second-order valence-corrected chi connectivity index (χ2v) is 4.04. The SMILES string of the molecule is CSc1nc2c(S)c(Cl)ccc2o1. The van der Waals surface area contributed by atoms with Gasteiger partial charge in [0.1, 0.15) is 5.52 Å². The molecule has 13 heavy (non-hydrogen) atoms. The molecule has 0 saturated carbocycles. The predicted octanol–water partition coefficient (Wildman–Crippen LogP) is 3.49. The molecule has 68 valence electrons. The molecule has 0 aliphatic heterocycles. The molecule has 0 aliphatic carbocycles. The van der Waals surface area contributed by atoms with E-state index in [1.54, 1.807) is 12.1 Å². The first kappa shape index (κ1) is 9.24. The van der Waals surface area contributed by atoms with Crippen molar-refractivity contribution in [3.63, 3.8) is 0 Å². The van der Waals surface area contributed by atoms with Crippen LogP contribution in [0.15, 0.2) is 26.7 Å². The van der Waals surface area contributed by atoms with Gasteiger partial charge in [0.2, 0.25) is 0 Å². The van der Waals surface area contributed by atoms with Crippen LogP contribution in [0.4, 0.5) is 0 Å². The van der Waals surface area contributed by atoms with Gasteiger partial charge in [-0.15, -0.1) is 12.6 Å². The minimum Gasteiger partial charge on any atom is -0.431 e. The van der Waals surface area contributed by atoms with Gasteiger partial charge in [-0.3, -0.25) is 0 Å². The number of hydrogen-bond donors (Lipinski definition) is 1. The molecule has 0 aliphatic rings. The fourth-order valence-corrected chi connectivity index (χ4v) is 1.77. The second kappa shape index (κ2) is 3.44. The van der Waals surface area contributed by atoms with Crippen molar-refractivity contribution < 1.29 is 4.42 Å². The van der Waals surface area contributed by atoms with Crippen LogP contribution in [-0.2, 0) is 0 Å². The zero-order valence-electron chi connectivity index (χ0n) is 6.74. The topological polar surface area (TPSA) is 26.0 Å². The second-order valence-electron chi connectivity index (χ2n) is 2.43. The van der Waals surface area contributed by atoms with E-state index in [-0.39, 0.29) is 0 Å². The van der Waals surface area contributed by atoms with Gasteiger partial charge in [-0.1, -0.05) is 23.4 Å². The summed E-state index contributed by atoms with van der Waals surface area (Å²) in [6, 6.07) is 3.55. The van der Waals surface area contributed by atoms with Gasteiger partial charge in [-0.25, -0.2) is 4.98 Å². The summed E-state index contributed by atoms with van der Waals surface area (Å²) in [5.74, 6) is 0. The molecule has 1 aromatic carbocycles. The van der Waals surface area contributed by atoms with E-state index in [4.69, 9.17) is 16.0 Å². The van der Waals surface area contributed by atoms with Gasteiger partial charge in [0, 0.05) is 0 Å². The maximum Gasteiger partial charge on any atom is 0.256 e. The Morgan fingerprint density at radius 3 is 3.00 bits per heavy atom. The fourth-order valence-electron chi connectivity index (χ4n) is 1.02. The monoisotopic (exact) mass is 231 g/mol. The van der Waals surface area contributed by atoms with Gasteiger partial charge in [-0.05, 0) is 18.4 Å². The summed E-state index contributed by atoms with van der Waals surface area (Å²) in [6.07, 6.45) is 1.91. The van der Waals surface area contributed by atoms with Crippen LogP contribution in [-0.4, -0.2) is 11.2 Å². The van der Waals surface area contributed by atoms with Crippen molar-refractivity contribution in [1.29, 1.82) is 0 Å². The van der Waals surface area contributed by atoms with E-state index in [2.05, 4.69) is 17.6 Å². The van der Waals surface area contributed by atoms with Gasteiger partial charge < -0.3 is 4.42 Å². The molecule has 5 heteroatoms. The molecule has 2 rings (SSSR count). The Morgan fingerprint density at radius 2 is 2.31 bits per heavy atom. The lowest BCUT2D eigenvalue weighted by atomic mass is 10.3. The van der Waals surface area contributed by atoms with Gasteiger partial charge >= 0.3 is 0 Å². The summed E-state index contributed by atoms with van der Waals surface area (Å²) < 4.78 is 5.40. The van der Waals surface area contributed by atoms with Crippen molar-refractivity contribution in [1.82, 2.24) is 4.98 Å². The summed E-state index contributed by atoms with van der Waals surface area (Å²) >= 11 is 11.6. The standard InChI is InChI=1S/C8H6ClNOS2/c1-13-8-10-6-5(11-8)3-2-4(9)7(6)12/h2-3,12H,1H3. The highest BCUT2D eigenvalue weighted by molar-refractivity contribution is 7.98. The average Bonchev–Trinajstić information content (AvgIpc) is 2.55. The van der Waals surface area contributed by atoms with E-state index in [1.807, 2.05) is 6.26 Å². The number of hydrogen-bond acceptors (Lipinski definition) is 4. The third-order valence-electron chi connectivity index (χ3n) is 1.64. The maximum atomic E-state index is 5.88. The van der Waals surface area contributed by atoms with Crippen molar-refractivity contribution in [2.75, 3.05) is 6.26 Å². The number of rotatable bonds is 1. The van der Waals surface area contributed by atoms with Crippen molar-refractivity contribution in [3.8, 4) is 0 Å². The Balaban J connectivity index is 2.76. The summed E-state index contributed by atoms with van der Waals surface area (Å²) in [4.78, 5) is 4.90. The zero-order valence-corrected chi connectivity index (χ0v) is 9.21. The molecule has 1 heterocycles. The van der Waals surface area contributed by atoms with E-state index in [0.717, 1.165) is 11.1 Å². The van der Waals surface area contributed by atoms with E-state index >= 15 is 0 Å². The third kappa shape index (κ3) is 1.54. The highest BCUT2D eigenvalue weighted by Crippen LogP contribution is 2.31. The predicted molar refractivity (Wildman–Crippen MR) is 58.1 cm³/mol. The van der Waals surface area contributed by atoms with E-state index in [1.165, 1.54) is 11.8 Å². The van der Waals surface area contributed by atoms with Crippen LogP contribution < -0.4 is 0 Å². The largest absolute Gasteiger partial charge is 0.431 e. The van der Waals surface area contributed by atoms with Crippen molar-refractivity contribution in [2.45, 2.75) is 10.1 Å². The smallest absolute Gasteiger partial charge is 0.256 e. The Hall–Kier alpha value is -0.320. The lowest BCUT2D eigenvalue weighted by Crippen LogP contribution is -1.73. The average molecular weight is 232 g/mol. The molecule has 0 amide bonds. The van der Waals surface area contributed by atoms with Crippen LogP contribution in [0.1, 0.15) is 0 Å². The number of benzene rings is 1. The van der Waals surface area contributed by atoms with Crippen LogP contribution in [0.25, 0.3) is 11.1 Å². The molecule has 2 nitrogen and oxygen atoms in total. The Morgan fingerprint density at radius 1 is 1.54 bits per heavy atom. The van der Waals surface area contributed by atoms with Gasteiger partial charge in [0.15, 0.2) is 5.58 Å². The molecule has 0 fully saturated rings. The molecule has 0 saturated heterocycles. The summed E-state index contributed by atoms with van der Waals surface area (Å²) in [6.45, 7) is 0. The first-order valence-electron chi connectivity index (χ1n) is 3.54. The molecule has 0 N–H and O–H groups in total. The highest BCUT2D eigenvalue weighted by Gasteiger charge is 2.09. The lowest BCUT2D eigenvalue weighted by molar-refractivity contribution is 0.490. The van der Waals surface area contributed by atoms with Crippen molar-refractivity contribution in [2.24, 2.45) is 0 Å². The minimum absolute atomic E-state index is 0.594. The number of thiol groups is 1. The molecular weight excluding hydrogens is 226 g/mol. The molecule has 0 atom stereocenters. The first-order chi connectivity index (χ1) is 6.22. The normalized spacial score (nSPS) is 11.0. The fraction of sp³-hybridized carbons (Fsp3) is 0.125. The van der Waals surface area contributed by atoms with E-state index in [0.29, 0.717) is 15.1 Å². The van der Waals surface area contributed by atoms with Crippen LogP contribution in [0.3, 0.4) is 0 Å². The molecule has 0 bridgehead atoms. The Bertz CT molecular complexity index is 455. The molecule has 0 unspecified atom stereocenters. The van der Waals surface area contributed by atoms with E-state index in [9.17, 15) is 0 Å². The molecule has 0 radical (unpaired) electrons. The van der Waals surface area contributed by atoms with Crippen LogP contribution >= 0.6 is 36.0 Å². The molecule has 0 spiro atoms. The summed E-state index contributed by atoms with van der Waals surface area (Å²) in [7, 11) is 0. The third-order valence-corrected chi connectivity index (χ3v) is 3.06. The van der Waals surface area contributed by atoms with Gasteiger partial charge in [0.25, 0.3) is 5.22 Å². The van der Waals surface area contributed by atoms with Crippen molar-refractivity contribution in [3.05, 3.63) is 17.2 Å². The van der Waals surface area contributed by atoms with Crippen molar-refractivity contribution >= 4 is 47.1 Å². The first-order valence-corrected chi connectivity index (χ1v) is 5.59. The van der Waals surface area contributed by atoms with Crippen LogP contribution in [0.2, 0.25) is 5.02 Å². The maximum absolute atomic E-state index is 5.88. The van der Waals surface area contributed by atoms with Crippen LogP contribution in [0, 0.1) is 0 Å². The van der Waals surface area contributed by atoms with E-state index < -0.39 is 0 Å². The number of nitrogens with zero attached hydrogens (tertiary/aromatic N) is 1. The quantitative estimate of drug-likeness (QED) is 0.601. The molecule has 1 aromatic heterocycles. The summed E-state index contributed by atoms with van der Waals surface area (Å²) in [5, 5.41) is 1.23. The number of fused-ring (bicyclic) bond motifs is 1. The Kier molecular flexibility index (Phi) is 2.45.